The van der Waals surface area contributed by atoms with Crippen molar-refractivity contribution in [3.63, 3.8) is 0 Å². The minimum atomic E-state index is -0.438. The lowest BCUT2D eigenvalue weighted by Gasteiger charge is -2.56. The summed E-state index contributed by atoms with van der Waals surface area (Å²) in [5, 5.41) is 5.36. The van der Waals surface area contributed by atoms with E-state index in [9.17, 15) is 14.4 Å². The van der Waals surface area contributed by atoms with Gasteiger partial charge in [-0.25, -0.2) is 0 Å². The number of anilines is 2. The first-order chi connectivity index (χ1) is 14.3. The van der Waals surface area contributed by atoms with E-state index in [4.69, 9.17) is 9.47 Å². The summed E-state index contributed by atoms with van der Waals surface area (Å²) < 4.78 is 10.6. The molecule has 4 aliphatic carbocycles. The number of hydrogen-bond acceptors (Lipinski definition) is 5. The minimum Gasteiger partial charge on any atom is -0.495 e. The van der Waals surface area contributed by atoms with Crippen LogP contribution in [0.5, 0.6) is 5.75 Å². The lowest BCUT2D eigenvalue weighted by molar-refractivity contribution is -0.154. The molecule has 4 fully saturated rings. The fourth-order valence-corrected chi connectivity index (χ4v) is 6.28. The van der Waals surface area contributed by atoms with Gasteiger partial charge >= 0.3 is 5.97 Å². The average molecular weight is 415 g/mol. The van der Waals surface area contributed by atoms with Crippen LogP contribution in [0.1, 0.15) is 51.9 Å². The van der Waals surface area contributed by atoms with Gasteiger partial charge in [0.05, 0.1) is 19.2 Å². The molecule has 30 heavy (non-hydrogen) atoms. The van der Waals surface area contributed by atoms with Gasteiger partial charge in [0.25, 0.3) is 5.91 Å². The molecule has 4 bridgehead atoms. The van der Waals surface area contributed by atoms with E-state index < -0.39 is 5.91 Å². The van der Waals surface area contributed by atoms with E-state index in [2.05, 4.69) is 10.6 Å². The molecule has 0 heterocycles. The van der Waals surface area contributed by atoms with E-state index in [0.29, 0.717) is 23.5 Å². The van der Waals surface area contributed by atoms with Crippen LogP contribution >= 0.6 is 0 Å². The Balaban J connectivity index is 1.31. The fraction of sp³-hybridized carbons (Fsp3) is 0.609. The highest BCUT2D eigenvalue weighted by Gasteiger charge is 2.51. The van der Waals surface area contributed by atoms with Crippen LogP contribution in [0.3, 0.4) is 0 Å². The Morgan fingerprint density at radius 1 is 1.03 bits per heavy atom. The number of hydrogen-bond donors (Lipinski definition) is 2. The Hall–Kier alpha value is -2.57. The number of carbonyl (C=O) groups is 3. The SMILES string of the molecule is COc1ccc(NC(C)=O)cc1NC(=O)COC(=O)CC12CC3CC(CC(C3)C1)C2. The van der Waals surface area contributed by atoms with Gasteiger partial charge in [0, 0.05) is 12.6 Å². The van der Waals surface area contributed by atoms with Crippen molar-refractivity contribution in [3.8, 4) is 5.75 Å². The van der Waals surface area contributed by atoms with Crippen molar-refractivity contribution in [3.05, 3.63) is 18.2 Å². The van der Waals surface area contributed by atoms with Crippen molar-refractivity contribution in [2.75, 3.05) is 24.4 Å². The Labute approximate surface area is 176 Å². The fourth-order valence-electron chi connectivity index (χ4n) is 6.28. The van der Waals surface area contributed by atoms with E-state index in [1.807, 2.05) is 0 Å². The zero-order valence-corrected chi connectivity index (χ0v) is 17.7. The molecule has 7 nitrogen and oxygen atoms in total. The number of methoxy groups -OCH3 is 1. The third kappa shape index (κ3) is 4.60. The molecule has 0 spiro atoms. The van der Waals surface area contributed by atoms with E-state index in [0.717, 1.165) is 37.0 Å². The van der Waals surface area contributed by atoms with Gasteiger partial charge in [0.15, 0.2) is 6.61 Å². The summed E-state index contributed by atoms with van der Waals surface area (Å²) >= 11 is 0. The number of benzene rings is 1. The molecule has 0 radical (unpaired) electrons. The van der Waals surface area contributed by atoms with Crippen LogP contribution in [0.25, 0.3) is 0 Å². The Kier molecular flexibility index (Phi) is 5.71. The number of carbonyl (C=O) groups excluding carboxylic acids is 3. The zero-order valence-electron chi connectivity index (χ0n) is 17.7. The highest BCUT2D eigenvalue weighted by Crippen LogP contribution is 2.61. The number of amides is 2. The summed E-state index contributed by atoms with van der Waals surface area (Å²) in [5.41, 5.74) is 1.04. The summed E-state index contributed by atoms with van der Waals surface area (Å²) in [6, 6.07) is 4.94. The highest BCUT2D eigenvalue weighted by molar-refractivity contribution is 5.96. The van der Waals surface area contributed by atoms with Gasteiger partial charge in [-0.3, -0.25) is 14.4 Å². The van der Waals surface area contributed by atoms with Gasteiger partial charge < -0.3 is 20.1 Å². The summed E-state index contributed by atoms with van der Waals surface area (Å²) in [5.74, 6) is 1.84. The maximum Gasteiger partial charge on any atom is 0.306 e. The number of rotatable bonds is 7. The number of ether oxygens (including phenoxy) is 2. The minimum absolute atomic E-state index is 0.0955. The van der Waals surface area contributed by atoms with Crippen molar-refractivity contribution >= 4 is 29.2 Å². The van der Waals surface area contributed by atoms with Crippen molar-refractivity contribution in [1.82, 2.24) is 0 Å². The normalized spacial score (nSPS) is 28.7. The summed E-state index contributed by atoms with van der Waals surface area (Å²) in [4.78, 5) is 36.1. The van der Waals surface area contributed by atoms with Crippen molar-refractivity contribution in [2.24, 2.45) is 23.2 Å². The van der Waals surface area contributed by atoms with Crippen LogP contribution in [0.2, 0.25) is 0 Å². The molecule has 5 rings (SSSR count). The zero-order chi connectivity index (χ0) is 21.3. The predicted molar refractivity (Wildman–Crippen MR) is 112 cm³/mol. The molecule has 1 aromatic carbocycles. The maximum atomic E-state index is 12.5. The molecular weight excluding hydrogens is 384 g/mol. The third-order valence-corrected chi connectivity index (χ3v) is 6.84. The Bertz CT molecular complexity index is 815. The lowest BCUT2D eigenvalue weighted by Crippen LogP contribution is -2.47. The molecule has 0 aliphatic heterocycles. The molecule has 2 N–H and O–H groups in total. The molecule has 162 valence electrons. The second kappa shape index (κ2) is 8.28. The quantitative estimate of drug-likeness (QED) is 0.663. The molecule has 0 atom stereocenters. The molecule has 0 aromatic heterocycles. The molecule has 4 saturated carbocycles. The molecule has 1 aromatic rings. The molecule has 4 aliphatic rings. The van der Waals surface area contributed by atoms with Crippen molar-refractivity contribution in [1.29, 1.82) is 0 Å². The second-order valence-corrected chi connectivity index (χ2v) is 9.40. The van der Waals surface area contributed by atoms with E-state index in [1.165, 1.54) is 33.3 Å². The second-order valence-electron chi connectivity index (χ2n) is 9.40. The first-order valence-corrected chi connectivity index (χ1v) is 10.8. The monoisotopic (exact) mass is 414 g/mol. The van der Waals surface area contributed by atoms with Gasteiger partial charge in [-0.2, -0.15) is 0 Å². The van der Waals surface area contributed by atoms with Crippen molar-refractivity contribution in [2.45, 2.75) is 51.9 Å². The van der Waals surface area contributed by atoms with Crippen molar-refractivity contribution < 1.29 is 23.9 Å². The summed E-state index contributed by atoms with van der Waals surface area (Å²) in [6.07, 6.45) is 7.81. The molecular formula is C23H30N2O5. The van der Waals surface area contributed by atoms with Crippen LogP contribution in [0.4, 0.5) is 11.4 Å². The number of esters is 1. The van der Waals surface area contributed by atoms with Crippen LogP contribution in [-0.4, -0.2) is 31.5 Å². The highest BCUT2D eigenvalue weighted by atomic mass is 16.5. The maximum absolute atomic E-state index is 12.5. The van der Waals surface area contributed by atoms with E-state index >= 15 is 0 Å². The van der Waals surface area contributed by atoms with Gasteiger partial charge in [0.2, 0.25) is 5.91 Å². The average Bonchev–Trinajstić information content (AvgIpc) is 2.65. The van der Waals surface area contributed by atoms with Gasteiger partial charge in [-0.15, -0.1) is 0 Å². The summed E-state index contributed by atoms with van der Waals surface area (Å²) in [6.45, 7) is 1.07. The van der Waals surface area contributed by atoms with Crippen LogP contribution in [0.15, 0.2) is 18.2 Å². The first kappa shape index (κ1) is 20.7. The van der Waals surface area contributed by atoms with Gasteiger partial charge in [-0.1, -0.05) is 0 Å². The van der Waals surface area contributed by atoms with Crippen LogP contribution in [-0.2, 0) is 19.1 Å². The first-order valence-electron chi connectivity index (χ1n) is 10.8. The molecule has 0 unspecified atom stereocenters. The Morgan fingerprint density at radius 2 is 1.67 bits per heavy atom. The third-order valence-electron chi connectivity index (χ3n) is 6.84. The van der Waals surface area contributed by atoms with Crippen LogP contribution in [0, 0.1) is 23.2 Å². The molecule has 7 heteroatoms. The molecule has 2 amide bonds. The lowest BCUT2D eigenvalue weighted by atomic mass is 9.49. The van der Waals surface area contributed by atoms with E-state index in [1.54, 1.807) is 18.2 Å². The molecule has 0 saturated heterocycles. The van der Waals surface area contributed by atoms with E-state index in [-0.39, 0.29) is 23.9 Å². The summed E-state index contributed by atoms with van der Waals surface area (Å²) in [7, 11) is 1.49. The van der Waals surface area contributed by atoms with Gasteiger partial charge in [-0.05, 0) is 79.9 Å². The largest absolute Gasteiger partial charge is 0.495 e. The topological polar surface area (TPSA) is 93.7 Å². The van der Waals surface area contributed by atoms with Crippen LogP contribution < -0.4 is 15.4 Å². The van der Waals surface area contributed by atoms with Gasteiger partial charge in [0.1, 0.15) is 5.75 Å². The predicted octanol–water partition coefficient (Wildman–Crippen LogP) is 3.74. The smallest absolute Gasteiger partial charge is 0.306 e. The standard InChI is InChI=1S/C23H30N2O5/c1-14(26)24-18-3-4-20(29-2)19(8-18)25-21(27)13-30-22(28)12-23-9-15-5-16(10-23)7-17(6-15)11-23/h3-4,8,15-17H,5-7,9-13H2,1-2H3,(H,24,26)(H,25,27). The Morgan fingerprint density at radius 3 is 2.23 bits per heavy atom. The number of nitrogens with one attached hydrogen (secondary N) is 2.